The van der Waals surface area contributed by atoms with Crippen molar-refractivity contribution < 1.29 is 4.74 Å². The van der Waals surface area contributed by atoms with Crippen molar-refractivity contribution in [2.75, 3.05) is 44.7 Å². The van der Waals surface area contributed by atoms with Crippen LogP contribution in [0, 0.1) is 17.8 Å². The Hall–Kier alpha value is -1.36. The standard InChI is InChI=1S/C18H28N4O/c1-23-18-9-17(19-13-20-18)22-11-15-6-4-5-14(16(15)12-22)10-21-7-2-3-8-21/h9,13-16H,2-8,10-12H2,1H3/t14-,15+,16+/m0/s1. The quantitative estimate of drug-likeness (QED) is 0.853. The molecule has 0 spiro atoms. The fraction of sp³-hybridized carbons (Fsp3) is 0.778. The number of anilines is 1. The Morgan fingerprint density at radius 2 is 2.00 bits per heavy atom. The topological polar surface area (TPSA) is 41.5 Å². The van der Waals surface area contributed by atoms with E-state index in [1.54, 1.807) is 13.4 Å². The first-order chi connectivity index (χ1) is 11.3. The van der Waals surface area contributed by atoms with Gasteiger partial charge in [-0.15, -0.1) is 0 Å². The number of ether oxygens (including phenoxy) is 1. The summed E-state index contributed by atoms with van der Waals surface area (Å²) in [5.74, 6) is 4.26. The van der Waals surface area contributed by atoms with E-state index in [-0.39, 0.29) is 0 Å². The van der Waals surface area contributed by atoms with Crippen molar-refractivity contribution in [3.63, 3.8) is 0 Å². The molecule has 4 rings (SSSR count). The van der Waals surface area contributed by atoms with Gasteiger partial charge in [-0.05, 0) is 56.5 Å². The van der Waals surface area contributed by atoms with Gasteiger partial charge in [0, 0.05) is 25.7 Å². The summed E-state index contributed by atoms with van der Waals surface area (Å²) in [7, 11) is 1.67. The number of aromatic nitrogens is 2. The first-order valence-corrected chi connectivity index (χ1v) is 9.17. The molecule has 3 fully saturated rings. The zero-order chi connectivity index (χ0) is 15.6. The van der Waals surface area contributed by atoms with Gasteiger partial charge in [-0.2, -0.15) is 0 Å². The van der Waals surface area contributed by atoms with Crippen LogP contribution in [0.3, 0.4) is 0 Å². The monoisotopic (exact) mass is 316 g/mol. The van der Waals surface area contributed by atoms with Gasteiger partial charge in [0.15, 0.2) is 0 Å². The highest BCUT2D eigenvalue weighted by atomic mass is 16.5. The zero-order valence-corrected chi connectivity index (χ0v) is 14.2. The molecule has 0 N–H and O–H groups in total. The fourth-order valence-corrected chi connectivity index (χ4v) is 4.92. The van der Waals surface area contributed by atoms with Gasteiger partial charge < -0.3 is 14.5 Å². The van der Waals surface area contributed by atoms with E-state index in [1.807, 2.05) is 6.07 Å². The maximum absolute atomic E-state index is 5.26. The lowest BCUT2D eigenvalue weighted by molar-refractivity contribution is 0.148. The molecule has 23 heavy (non-hydrogen) atoms. The zero-order valence-electron chi connectivity index (χ0n) is 14.2. The van der Waals surface area contributed by atoms with E-state index in [9.17, 15) is 0 Å². The number of methoxy groups -OCH3 is 1. The van der Waals surface area contributed by atoms with Crippen LogP contribution >= 0.6 is 0 Å². The van der Waals surface area contributed by atoms with Crippen molar-refractivity contribution in [2.45, 2.75) is 32.1 Å². The molecular formula is C18H28N4O. The first-order valence-electron chi connectivity index (χ1n) is 9.17. The Bertz CT molecular complexity index is 532. The summed E-state index contributed by atoms with van der Waals surface area (Å²) in [5, 5.41) is 0. The molecule has 126 valence electrons. The summed E-state index contributed by atoms with van der Waals surface area (Å²) in [6, 6.07) is 1.98. The lowest BCUT2D eigenvalue weighted by atomic mass is 9.73. The van der Waals surface area contributed by atoms with Crippen molar-refractivity contribution in [1.82, 2.24) is 14.9 Å². The molecule has 1 aliphatic carbocycles. The Morgan fingerprint density at radius 1 is 1.13 bits per heavy atom. The highest BCUT2D eigenvalue weighted by Crippen LogP contribution is 2.42. The molecule has 3 aliphatic rings. The van der Waals surface area contributed by atoms with Crippen LogP contribution in [0.5, 0.6) is 5.88 Å². The number of hydrogen-bond acceptors (Lipinski definition) is 5. The van der Waals surface area contributed by atoms with Crippen molar-refractivity contribution >= 4 is 5.82 Å². The number of likely N-dealkylation sites (tertiary alicyclic amines) is 1. The van der Waals surface area contributed by atoms with E-state index >= 15 is 0 Å². The molecule has 5 heteroatoms. The predicted octanol–water partition coefficient (Wildman–Crippen LogP) is 2.43. The third kappa shape index (κ3) is 3.16. The minimum absolute atomic E-state index is 0.665. The molecule has 2 saturated heterocycles. The second-order valence-electron chi connectivity index (χ2n) is 7.45. The highest BCUT2D eigenvalue weighted by Gasteiger charge is 2.41. The van der Waals surface area contributed by atoms with Crippen molar-refractivity contribution in [1.29, 1.82) is 0 Å². The van der Waals surface area contributed by atoms with Gasteiger partial charge in [-0.3, -0.25) is 0 Å². The van der Waals surface area contributed by atoms with Crippen LogP contribution < -0.4 is 9.64 Å². The average Bonchev–Trinajstić information content (AvgIpc) is 3.24. The molecule has 0 unspecified atom stereocenters. The SMILES string of the molecule is COc1cc(N2C[C@H]3CCC[C@@H](CN4CCCC4)[C@H]3C2)ncn1. The van der Waals surface area contributed by atoms with Crippen LogP contribution in [0.2, 0.25) is 0 Å². The summed E-state index contributed by atoms with van der Waals surface area (Å²) in [6.07, 6.45) is 8.62. The summed E-state index contributed by atoms with van der Waals surface area (Å²) in [4.78, 5) is 13.8. The Labute approximate surface area is 139 Å². The molecule has 5 nitrogen and oxygen atoms in total. The van der Waals surface area contributed by atoms with Crippen LogP contribution in [0.25, 0.3) is 0 Å². The third-order valence-corrected chi connectivity index (χ3v) is 6.10. The molecule has 1 aromatic rings. The van der Waals surface area contributed by atoms with Crippen molar-refractivity contribution in [3.8, 4) is 5.88 Å². The van der Waals surface area contributed by atoms with E-state index in [0.717, 1.165) is 36.7 Å². The number of hydrogen-bond donors (Lipinski definition) is 0. The Balaban J connectivity index is 1.45. The van der Waals surface area contributed by atoms with Crippen molar-refractivity contribution in [3.05, 3.63) is 12.4 Å². The first kappa shape index (κ1) is 15.2. The molecule has 0 radical (unpaired) electrons. The molecule has 2 aliphatic heterocycles. The van der Waals surface area contributed by atoms with Crippen LogP contribution in [-0.2, 0) is 0 Å². The van der Waals surface area contributed by atoms with Gasteiger partial charge in [-0.25, -0.2) is 9.97 Å². The number of fused-ring (bicyclic) bond motifs is 1. The van der Waals surface area contributed by atoms with Crippen LogP contribution in [-0.4, -0.2) is 54.7 Å². The maximum atomic E-state index is 5.26. The Kier molecular flexibility index (Phi) is 4.38. The van der Waals surface area contributed by atoms with E-state index in [1.165, 1.54) is 51.7 Å². The van der Waals surface area contributed by atoms with Gasteiger partial charge in [0.1, 0.15) is 12.1 Å². The van der Waals surface area contributed by atoms with Gasteiger partial charge in [0.2, 0.25) is 5.88 Å². The van der Waals surface area contributed by atoms with Crippen molar-refractivity contribution in [2.24, 2.45) is 17.8 Å². The van der Waals surface area contributed by atoms with Crippen LogP contribution in [0.15, 0.2) is 12.4 Å². The molecular weight excluding hydrogens is 288 g/mol. The van der Waals surface area contributed by atoms with Gasteiger partial charge in [0.25, 0.3) is 0 Å². The summed E-state index contributed by atoms with van der Waals surface area (Å²) in [6.45, 7) is 6.27. The summed E-state index contributed by atoms with van der Waals surface area (Å²) < 4.78 is 5.26. The normalized spacial score (nSPS) is 31.3. The molecule has 0 amide bonds. The average molecular weight is 316 g/mol. The molecule has 0 bridgehead atoms. The fourth-order valence-electron chi connectivity index (χ4n) is 4.92. The smallest absolute Gasteiger partial charge is 0.218 e. The lowest BCUT2D eigenvalue weighted by Gasteiger charge is -2.35. The van der Waals surface area contributed by atoms with Gasteiger partial charge in [-0.1, -0.05) is 6.42 Å². The number of nitrogens with zero attached hydrogens (tertiary/aromatic N) is 4. The van der Waals surface area contributed by atoms with Crippen LogP contribution in [0.1, 0.15) is 32.1 Å². The minimum Gasteiger partial charge on any atom is -0.481 e. The largest absolute Gasteiger partial charge is 0.481 e. The van der Waals surface area contributed by atoms with E-state index in [2.05, 4.69) is 19.8 Å². The van der Waals surface area contributed by atoms with E-state index in [0.29, 0.717) is 5.88 Å². The molecule has 1 saturated carbocycles. The minimum atomic E-state index is 0.665. The summed E-state index contributed by atoms with van der Waals surface area (Å²) in [5.41, 5.74) is 0. The molecule has 1 aromatic heterocycles. The lowest BCUT2D eigenvalue weighted by Crippen LogP contribution is -2.36. The predicted molar refractivity (Wildman–Crippen MR) is 90.8 cm³/mol. The number of rotatable bonds is 4. The molecule has 3 atom stereocenters. The second-order valence-corrected chi connectivity index (χ2v) is 7.45. The Morgan fingerprint density at radius 3 is 2.83 bits per heavy atom. The highest BCUT2D eigenvalue weighted by molar-refractivity contribution is 5.42. The second kappa shape index (κ2) is 6.63. The maximum Gasteiger partial charge on any atom is 0.218 e. The molecule has 0 aromatic carbocycles. The van der Waals surface area contributed by atoms with Crippen LogP contribution in [0.4, 0.5) is 5.82 Å². The van der Waals surface area contributed by atoms with Gasteiger partial charge in [0.05, 0.1) is 7.11 Å². The molecule has 3 heterocycles. The van der Waals surface area contributed by atoms with E-state index < -0.39 is 0 Å². The van der Waals surface area contributed by atoms with Gasteiger partial charge >= 0.3 is 0 Å². The third-order valence-electron chi connectivity index (χ3n) is 6.10. The van der Waals surface area contributed by atoms with E-state index in [4.69, 9.17) is 4.74 Å². The summed E-state index contributed by atoms with van der Waals surface area (Å²) >= 11 is 0.